The van der Waals surface area contributed by atoms with Crippen LogP contribution in [-0.2, 0) is 24.1 Å². The van der Waals surface area contributed by atoms with Gasteiger partial charge in [0.05, 0.1) is 50.6 Å². The number of aryl methyl sites for hydroxylation is 3. The molecule has 1 amide bonds. The predicted octanol–water partition coefficient (Wildman–Crippen LogP) is 4.83. The standard InChI is InChI=1S/C31H34N4O5/c1-20-5-7-25(21(2)13-20)31-26-15-28(40-12-10-23-16-33-29(38-4)17-32-23)27(37-3)14-22(26)9-11-35(31)30(36)8-6-24-18-39-19-34-24/h5,7,13-19,31H,6,8-12H2,1-4H3. The second-order valence-electron chi connectivity index (χ2n) is 9.93. The fourth-order valence-corrected chi connectivity index (χ4v) is 5.22. The van der Waals surface area contributed by atoms with E-state index in [0.717, 1.165) is 40.1 Å². The molecule has 5 rings (SSSR count). The predicted molar refractivity (Wildman–Crippen MR) is 149 cm³/mol. The largest absolute Gasteiger partial charge is 0.493 e. The van der Waals surface area contributed by atoms with Crippen LogP contribution in [0.3, 0.4) is 0 Å². The second-order valence-corrected chi connectivity index (χ2v) is 9.93. The van der Waals surface area contributed by atoms with E-state index in [-0.39, 0.29) is 11.9 Å². The molecule has 40 heavy (non-hydrogen) atoms. The minimum absolute atomic E-state index is 0.0787. The van der Waals surface area contributed by atoms with Gasteiger partial charge in [0.1, 0.15) is 6.26 Å². The van der Waals surface area contributed by atoms with Crippen LogP contribution in [0.25, 0.3) is 0 Å². The molecule has 0 N–H and O–H groups in total. The maximum Gasteiger partial charge on any atom is 0.231 e. The van der Waals surface area contributed by atoms with Crippen molar-refractivity contribution in [3.05, 3.63) is 94.6 Å². The summed E-state index contributed by atoms with van der Waals surface area (Å²) in [5.41, 5.74) is 7.20. The highest BCUT2D eigenvalue weighted by molar-refractivity contribution is 5.78. The number of hydrogen-bond donors (Lipinski definition) is 0. The summed E-state index contributed by atoms with van der Waals surface area (Å²) in [5, 5.41) is 0. The number of methoxy groups -OCH3 is 2. The lowest BCUT2D eigenvalue weighted by Gasteiger charge is -2.39. The lowest BCUT2D eigenvalue weighted by atomic mass is 9.85. The van der Waals surface area contributed by atoms with Crippen LogP contribution in [0.1, 0.15) is 51.7 Å². The van der Waals surface area contributed by atoms with Crippen molar-refractivity contribution in [2.24, 2.45) is 0 Å². The number of ether oxygens (including phenoxy) is 3. The van der Waals surface area contributed by atoms with Gasteiger partial charge in [-0.1, -0.05) is 23.8 Å². The molecule has 0 radical (unpaired) electrons. The summed E-state index contributed by atoms with van der Waals surface area (Å²) >= 11 is 0. The third-order valence-electron chi connectivity index (χ3n) is 7.28. The van der Waals surface area contributed by atoms with Gasteiger partial charge in [0, 0.05) is 25.8 Å². The molecular weight excluding hydrogens is 508 g/mol. The molecule has 1 unspecified atom stereocenters. The van der Waals surface area contributed by atoms with E-state index in [4.69, 9.17) is 18.6 Å². The van der Waals surface area contributed by atoms with Gasteiger partial charge < -0.3 is 23.5 Å². The van der Waals surface area contributed by atoms with Gasteiger partial charge in [0.15, 0.2) is 17.9 Å². The molecule has 2 aromatic carbocycles. The van der Waals surface area contributed by atoms with Gasteiger partial charge in [0.2, 0.25) is 11.8 Å². The number of carbonyl (C=O) groups excluding carboxylic acids is 1. The minimum atomic E-state index is -0.241. The summed E-state index contributed by atoms with van der Waals surface area (Å²) in [7, 11) is 3.21. The topological polar surface area (TPSA) is 99.8 Å². The Morgan fingerprint density at radius 2 is 1.85 bits per heavy atom. The first-order valence-corrected chi connectivity index (χ1v) is 13.4. The third-order valence-corrected chi connectivity index (χ3v) is 7.28. The van der Waals surface area contributed by atoms with Gasteiger partial charge in [-0.15, -0.1) is 0 Å². The summed E-state index contributed by atoms with van der Waals surface area (Å²) in [6.45, 7) is 5.19. The summed E-state index contributed by atoms with van der Waals surface area (Å²) in [4.78, 5) is 28.4. The van der Waals surface area contributed by atoms with Crippen LogP contribution in [0.5, 0.6) is 17.4 Å². The average Bonchev–Trinajstić information content (AvgIpc) is 3.49. The highest BCUT2D eigenvalue weighted by Gasteiger charge is 2.34. The Bertz CT molecular complexity index is 1450. The second kappa shape index (κ2) is 12.2. The van der Waals surface area contributed by atoms with Crippen molar-refractivity contribution in [2.75, 3.05) is 27.4 Å². The van der Waals surface area contributed by atoms with E-state index < -0.39 is 0 Å². The Hall–Kier alpha value is -4.40. The van der Waals surface area contributed by atoms with Crippen LogP contribution < -0.4 is 14.2 Å². The summed E-state index contributed by atoms with van der Waals surface area (Å²) < 4.78 is 22.1. The first-order valence-electron chi connectivity index (χ1n) is 13.4. The van der Waals surface area contributed by atoms with Crippen LogP contribution in [0, 0.1) is 13.8 Å². The molecule has 1 atom stereocenters. The van der Waals surface area contributed by atoms with Crippen molar-refractivity contribution in [2.45, 2.75) is 45.6 Å². The Morgan fingerprint density at radius 1 is 0.975 bits per heavy atom. The van der Waals surface area contributed by atoms with Crippen molar-refractivity contribution in [1.82, 2.24) is 19.9 Å². The molecule has 3 heterocycles. The Morgan fingerprint density at radius 3 is 2.55 bits per heavy atom. The van der Waals surface area contributed by atoms with Crippen LogP contribution in [0.4, 0.5) is 0 Å². The van der Waals surface area contributed by atoms with Crippen molar-refractivity contribution in [3.8, 4) is 17.4 Å². The van der Waals surface area contributed by atoms with Crippen molar-refractivity contribution < 1.29 is 23.4 Å². The third kappa shape index (κ3) is 5.93. The zero-order valence-corrected chi connectivity index (χ0v) is 23.3. The lowest BCUT2D eigenvalue weighted by Crippen LogP contribution is -2.41. The van der Waals surface area contributed by atoms with Crippen molar-refractivity contribution >= 4 is 5.91 Å². The quantitative estimate of drug-likeness (QED) is 0.281. The van der Waals surface area contributed by atoms with Crippen molar-refractivity contribution in [1.29, 1.82) is 0 Å². The van der Waals surface area contributed by atoms with Crippen LogP contribution >= 0.6 is 0 Å². The number of rotatable bonds is 10. The molecule has 1 aliphatic rings. The number of fused-ring (bicyclic) bond motifs is 1. The molecule has 4 aromatic rings. The van der Waals surface area contributed by atoms with Crippen LogP contribution in [0.15, 0.2) is 59.8 Å². The normalized spacial score (nSPS) is 14.5. The summed E-state index contributed by atoms with van der Waals surface area (Å²) in [6.07, 6.45) is 8.45. The van der Waals surface area contributed by atoms with Crippen LogP contribution in [-0.4, -0.2) is 53.1 Å². The molecule has 208 valence electrons. The Labute approximate surface area is 234 Å². The zero-order valence-electron chi connectivity index (χ0n) is 23.3. The molecule has 2 aromatic heterocycles. The van der Waals surface area contributed by atoms with Crippen LogP contribution in [0.2, 0.25) is 0 Å². The van der Waals surface area contributed by atoms with E-state index in [9.17, 15) is 4.79 Å². The molecule has 0 saturated carbocycles. The monoisotopic (exact) mass is 542 g/mol. The molecule has 0 saturated heterocycles. The summed E-state index contributed by atoms with van der Waals surface area (Å²) in [6, 6.07) is 10.2. The van der Waals surface area contributed by atoms with Crippen molar-refractivity contribution in [3.63, 3.8) is 0 Å². The zero-order chi connectivity index (χ0) is 28.1. The first kappa shape index (κ1) is 27.2. The molecule has 1 aliphatic heterocycles. The lowest BCUT2D eigenvalue weighted by molar-refractivity contribution is -0.133. The number of carbonyl (C=O) groups is 1. The van der Waals surface area contributed by atoms with Gasteiger partial charge >= 0.3 is 0 Å². The van der Waals surface area contributed by atoms with Gasteiger partial charge in [-0.2, -0.15) is 0 Å². The Kier molecular flexibility index (Phi) is 8.28. The van der Waals surface area contributed by atoms with Gasteiger partial charge in [-0.25, -0.2) is 9.97 Å². The molecule has 0 fully saturated rings. The minimum Gasteiger partial charge on any atom is -0.493 e. The maximum atomic E-state index is 13.6. The maximum absolute atomic E-state index is 13.6. The smallest absolute Gasteiger partial charge is 0.231 e. The van der Waals surface area contributed by atoms with Gasteiger partial charge in [-0.05, 0) is 54.7 Å². The number of oxazole rings is 1. The van der Waals surface area contributed by atoms with E-state index >= 15 is 0 Å². The van der Waals surface area contributed by atoms with Gasteiger partial charge in [0.25, 0.3) is 0 Å². The fraction of sp³-hybridized carbons (Fsp3) is 0.355. The van der Waals surface area contributed by atoms with E-state index in [0.29, 0.717) is 49.8 Å². The fourth-order valence-electron chi connectivity index (χ4n) is 5.22. The molecular formula is C31H34N4O5. The SMILES string of the molecule is COc1cnc(CCOc2cc3c(cc2OC)CCN(C(=O)CCc2cocn2)C3c2ccc(C)cc2C)cn1. The first-order chi connectivity index (χ1) is 19.5. The summed E-state index contributed by atoms with van der Waals surface area (Å²) in [5.74, 6) is 1.85. The molecule has 9 nitrogen and oxygen atoms in total. The van der Waals surface area contributed by atoms with E-state index in [1.54, 1.807) is 32.9 Å². The van der Waals surface area contributed by atoms with E-state index in [1.165, 1.54) is 12.0 Å². The number of hydrogen-bond acceptors (Lipinski definition) is 8. The number of aromatic nitrogens is 3. The Balaban J connectivity index is 1.44. The van der Waals surface area contributed by atoms with E-state index in [1.807, 2.05) is 17.0 Å². The molecule has 0 bridgehead atoms. The van der Waals surface area contributed by atoms with Gasteiger partial charge in [-0.3, -0.25) is 9.78 Å². The highest BCUT2D eigenvalue weighted by atomic mass is 16.5. The average molecular weight is 543 g/mol. The number of amides is 1. The molecule has 0 spiro atoms. The number of nitrogens with zero attached hydrogens (tertiary/aromatic N) is 4. The molecule has 9 heteroatoms. The molecule has 0 aliphatic carbocycles. The highest BCUT2D eigenvalue weighted by Crippen LogP contribution is 2.42. The number of benzene rings is 2. The van der Waals surface area contributed by atoms with E-state index in [2.05, 4.69) is 47.0 Å².